The van der Waals surface area contributed by atoms with Crippen LogP contribution in [0, 0.1) is 11.6 Å². The van der Waals surface area contributed by atoms with Crippen LogP contribution in [0.4, 0.5) is 8.78 Å². The minimum absolute atomic E-state index is 0.132. The van der Waals surface area contributed by atoms with E-state index in [1.165, 1.54) is 12.1 Å². The highest BCUT2D eigenvalue weighted by Gasteiger charge is 2.36. The molecule has 2 aromatic carbocycles. The molecule has 5 rings (SSSR count). The highest BCUT2D eigenvalue weighted by atomic mass is 19.1. The molecule has 0 unspecified atom stereocenters. The number of aromatic nitrogens is 3. The first kappa shape index (κ1) is 23.2. The van der Waals surface area contributed by atoms with Crippen LogP contribution in [0.5, 0.6) is 0 Å². The first-order valence-electron chi connectivity index (χ1n) is 11.8. The number of fused-ring (bicyclic) bond motifs is 1. The van der Waals surface area contributed by atoms with Gasteiger partial charge in [0.15, 0.2) is 0 Å². The number of aryl methyl sites for hydroxylation is 1. The molecule has 4 aromatic rings. The number of benzene rings is 2. The molecule has 0 aliphatic heterocycles. The molecule has 1 fully saturated rings. The zero-order valence-corrected chi connectivity index (χ0v) is 19.8. The molecule has 2 heterocycles. The van der Waals surface area contributed by atoms with Gasteiger partial charge in [0.1, 0.15) is 11.6 Å². The standard InChI is InChI=1S/C27H28F2N4O2/c1-27(35)11-4-3-8-24(27)31-26(34)20-16-33(23-7-5-6-21(28)25(20)23)15-18-10-9-17(12-22(18)29)19-13-30-32(2)14-19/h5-7,9-10,12-14,16,24,35H,3-4,8,11,15H2,1-2H3,(H,31,34)/t24-,27-/m0/s1. The first-order valence-corrected chi connectivity index (χ1v) is 11.8. The van der Waals surface area contributed by atoms with E-state index in [0.29, 0.717) is 29.5 Å². The van der Waals surface area contributed by atoms with E-state index in [2.05, 4.69) is 10.4 Å². The summed E-state index contributed by atoms with van der Waals surface area (Å²) in [6.07, 6.45) is 8.12. The van der Waals surface area contributed by atoms with Crippen LogP contribution in [0.1, 0.15) is 48.5 Å². The largest absolute Gasteiger partial charge is 0.388 e. The Morgan fingerprint density at radius 3 is 2.71 bits per heavy atom. The van der Waals surface area contributed by atoms with Crippen molar-refractivity contribution in [2.24, 2.45) is 7.05 Å². The van der Waals surface area contributed by atoms with Gasteiger partial charge in [0.25, 0.3) is 5.91 Å². The summed E-state index contributed by atoms with van der Waals surface area (Å²) in [5, 5.41) is 17.9. The van der Waals surface area contributed by atoms with Crippen molar-refractivity contribution >= 4 is 16.8 Å². The van der Waals surface area contributed by atoms with Gasteiger partial charge >= 0.3 is 0 Å². The molecule has 2 N–H and O–H groups in total. The molecular weight excluding hydrogens is 450 g/mol. The van der Waals surface area contributed by atoms with Crippen LogP contribution in [-0.4, -0.2) is 37.0 Å². The number of hydrogen-bond acceptors (Lipinski definition) is 3. The predicted octanol–water partition coefficient (Wildman–Crippen LogP) is 4.79. The fourth-order valence-corrected chi connectivity index (χ4v) is 5.00. The van der Waals surface area contributed by atoms with Crippen molar-refractivity contribution in [2.75, 3.05) is 0 Å². The summed E-state index contributed by atoms with van der Waals surface area (Å²) < 4.78 is 33.3. The van der Waals surface area contributed by atoms with Crippen LogP contribution in [-0.2, 0) is 13.6 Å². The number of halogens is 2. The van der Waals surface area contributed by atoms with Gasteiger partial charge in [-0.05, 0) is 43.5 Å². The Morgan fingerprint density at radius 2 is 2.00 bits per heavy atom. The van der Waals surface area contributed by atoms with Gasteiger partial charge in [-0.25, -0.2) is 8.78 Å². The third-order valence-corrected chi connectivity index (χ3v) is 7.01. The topological polar surface area (TPSA) is 72.1 Å². The van der Waals surface area contributed by atoms with Gasteiger partial charge in [0, 0.05) is 36.0 Å². The third kappa shape index (κ3) is 4.46. The summed E-state index contributed by atoms with van der Waals surface area (Å²) >= 11 is 0. The zero-order valence-electron chi connectivity index (χ0n) is 19.8. The SMILES string of the molecule is Cn1cc(-c2ccc(Cn3cc(C(=O)N[C@H]4CCCC[C@]4(C)O)c4c(F)cccc43)c(F)c2)cn1. The van der Waals surface area contributed by atoms with Gasteiger partial charge < -0.3 is 15.0 Å². The molecule has 1 saturated carbocycles. The van der Waals surface area contributed by atoms with Crippen molar-refractivity contribution in [3.63, 3.8) is 0 Å². The highest BCUT2D eigenvalue weighted by molar-refractivity contribution is 6.07. The molecule has 2 atom stereocenters. The number of aliphatic hydroxyl groups is 1. The molecule has 182 valence electrons. The minimum atomic E-state index is -1.01. The quantitative estimate of drug-likeness (QED) is 0.433. The van der Waals surface area contributed by atoms with E-state index in [0.717, 1.165) is 18.4 Å². The van der Waals surface area contributed by atoms with Crippen LogP contribution in [0.25, 0.3) is 22.0 Å². The van der Waals surface area contributed by atoms with Crippen molar-refractivity contribution in [1.29, 1.82) is 0 Å². The molecule has 6 nitrogen and oxygen atoms in total. The Morgan fingerprint density at radius 1 is 1.17 bits per heavy atom. The fourth-order valence-electron chi connectivity index (χ4n) is 5.00. The van der Waals surface area contributed by atoms with Crippen LogP contribution in [0.2, 0.25) is 0 Å². The molecule has 1 aliphatic carbocycles. The number of carbonyl (C=O) groups is 1. The minimum Gasteiger partial charge on any atom is -0.388 e. The molecule has 0 bridgehead atoms. The number of rotatable bonds is 5. The average Bonchev–Trinajstić information content (AvgIpc) is 3.41. The summed E-state index contributed by atoms with van der Waals surface area (Å²) in [5.74, 6) is -1.36. The van der Waals surface area contributed by atoms with Crippen LogP contribution in [0.15, 0.2) is 55.0 Å². The lowest BCUT2D eigenvalue weighted by Crippen LogP contribution is -2.52. The second-order valence-corrected chi connectivity index (χ2v) is 9.64. The molecule has 0 radical (unpaired) electrons. The van der Waals surface area contributed by atoms with E-state index in [4.69, 9.17) is 0 Å². The maximum Gasteiger partial charge on any atom is 0.253 e. The Labute approximate surface area is 202 Å². The Hall–Kier alpha value is -3.52. The van der Waals surface area contributed by atoms with E-state index < -0.39 is 29.2 Å². The summed E-state index contributed by atoms with van der Waals surface area (Å²) in [5.41, 5.74) is 1.60. The summed E-state index contributed by atoms with van der Waals surface area (Å²) in [6.45, 7) is 1.85. The zero-order chi connectivity index (χ0) is 24.7. The van der Waals surface area contributed by atoms with Crippen molar-refractivity contribution in [3.05, 3.63) is 77.8 Å². The van der Waals surface area contributed by atoms with Crippen LogP contribution < -0.4 is 5.32 Å². The average molecular weight is 479 g/mol. The number of nitrogens with zero attached hydrogens (tertiary/aromatic N) is 3. The van der Waals surface area contributed by atoms with Gasteiger partial charge in [0.05, 0.1) is 35.5 Å². The Kier molecular flexibility index (Phi) is 5.92. The maximum atomic E-state index is 15.0. The van der Waals surface area contributed by atoms with Gasteiger partial charge in [-0.2, -0.15) is 5.10 Å². The second kappa shape index (κ2) is 8.92. The van der Waals surface area contributed by atoms with Crippen LogP contribution in [0.3, 0.4) is 0 Å². The molecule has 0 spiro atoms. The predicted molar refractivity (Wildman–Crippen MR) is 130 cm³/mol. The first-order chi connectivity index (χ1) is 16.7. The van der Waals surface area contributed by atoms with Crippen molar-refractivity contribution in [1.82, 2.24) is 19.7 Å². The molecule has 1 amide bonds. The normalized spacial score (nSPS) is 20.3. The lowest BCUT2D eigenvalue weighted by Gasteiger charge is -2.37. The summed E-state index contributed by atoms with van der Waals surface area (Å²) in [4.78, 5) is 13.2. The summed E-state index contributed by atoms with van der Waals surface area (Å²) in [7, 11) is 1.80. The molecular formula is C27H28F2N4O2. The Bertz CT molecular complexity index is 1410. The number of hydrogen-bond donors (Lipinski definition) is 2. The number of carbonyl (C=O) groups excluding carboxylic acids is 1. The monoisotopic (exact) mass is 478 g/mol. The molecule has 0 saturated heterocycles. The lowest BCUT2D eigenvalue weighted by molar-refractivity contribution is -0.00859. The lowest BCUT2D eigenvalue weighted by atomic mass is 9.81. The maximum absolute atomic E-state index is 15.0. The van der Waals surface area contributed by atoms with Crippen molar-refractivity contribution in [2.45, 2.75) is 50.8 Å². The molecule has 8 heteroatoms. The highest BCUT2D eigenvalue weighted by Crippen LogP contribution is 2.30. The van der Waals surface area contributed by atoms with E-state index in [-0.39, 0.29) is 17.5 Å². The summed E-state index contributed by atoms with van der Waals surface area (Å²) in [6, 6.07) is 9.16. The van der Waals surface area contributed by atoms with Gasteiger partial charge in [0.2, 0.25) is 0 Å². The van der Waals surface area contributed by atoms with Crippen molar-refractivity contribution in [3.8, 4) is 11.1 Å². The Balaban J connectivity index is 1.47. The van der Waals surface area contributed by atoms with Gasteiger partial charge in [-0.15, -0.1) is 0 Å². The smallest absolute Gasteiger partial charge is 0.253 e. The van der Waals surface area contributed by atoms with E-state index in [1.807, 2.05) is 12.3 Å². The van der Waals surface area contributed by atoms with Crippen molar-refractivity contribution < 1.29 is 18.7 Å². The number of amides is 1. The van der Waals surface area contributed by atoms with Crippen LogP contribution >= 0.6 is 0 Å². The molecule has 1 aliphatic rings. The van der Waals surface area contributed by atoms with E-state index in [1.54, 1.807) is 53.8 Å². The fraction of sp³-hybridized carbons (Fsp3) is 0.333. The van der Waals surface area contributed by atoms with Gasteiger partial charge in [-0.3, -0.25) is 9.48 Å². The van der Waals surface area contributed by atoms with E-state index in [9.17, 15) is 14.3 Å². The molecule has 35 heavy (non-hydrogen) atoms. The van der Waals surface area contributed by atoms with Gasteiger partial charge in [-0.1, -0.05) is 31.0 Å². The number of nitrogens with one attached hydrogen (secondary N) is 1. The van der Waals surface area contributed by atoms with E-state index >= 15 is 4.39 Å². The second-order valence-electron chi connectivity index (χ2n) is 9.64. The third-order valence-electron chi connectivity index (χ3n) is 7.01. The molecule has 2 aromatic heterocycles.